The fourth-order valence-electron chi connectivity index (χ4n) is 3.81. The third-order valence-electron chi connectivity index (χ3n) is 5.67. The van der Waals surface area contributed by atoms with Crippen molar-refractivity contribution in [1.82, 2.24) is 15.0 Å². The van der Waals surface area contributed by atoms with E-state index in [1.807, 2.05) is 17.0 Å². The van der Waals surface area contributed by atoms with Crippen molar-refractivity contribution in [2.75, 3.05) is 16.8 Å². The number of amides is 2. The molecule has 182 valence electrons. The minimum atomic E-state index is -4.45. The summed E-state index contributed by atoms with van der Waals surface area (Å²) in [4.78, 5) is 37.8. The number of rotatable bonds is 6. The Bertz CT molecular complexity index is 1280. The number of fused-ring (bicyclic) bond motifs is 1. The summed E-state index contributed by atoms with van der Waals surface area (Å²) in [5.74, 6) is -0.883. The molecule has 0 aliphatic carbocycles. The monoisotopic (exact) mass is 485 g/mol. The van der Waals surface area contributed by atoms with Crippen molar-refractivity contribution in [3.05, 3.63) is 65.0 Å². The van der Waals surface area contributed by atoms with Gasteiger partial charge in [-0.2, -0.15) is 18.2 Å². The molecule has 0 saturated heterocycles. The van der Waals surface area contributed by atoms with Crippen molar-refractivity contribution >= 4 is 23.6 Å². The van der Waals surface area contributed by atoms with Crippen LogP contribution in [0, 0.1) is 0 Å². The molecule has 5 N–H and O–H groups in total. The van der Waals surface area contributed by atoms with Crippen LogP contribution in [0.1, 0.15) is 34.1 Å². The highest BCUT2D eigenvalue weighted by molar-refractivity contribution is 5.92. The quantitative estimate of drug-likeness (QED) is 0.487. The van der Waals surface area contributed by atoms with E-state index in [0.717, 1.165) is 29.0 Å². The summed E-state index contributed by atoms with van der Waals surface area (Å²) < 4.78 is 38.7. The van der Waals surface area contributed by atoms with E-state index in [-0.39, 0.29) is 17.5 Å². The van der Waals surface area contributed by atoms with E-state index in [2.05, 4.69) is 20.3 Å². The van der Waals surface area contributed by atoms with Gasteiger partial charge in [0, 0.05) is 30.9 Å². The third kappa shape index (κ3) is 5.15. The Labute approximate surface area is 198 Å². The van der Waals surface area contributed by atoms with Crippen LogP contribution in [0.4, 0.5) is 24.9 Å². The normalized spacial score (nSPS) is 14.2. The maximum atomic E-state index is 12.9. The topological polar surface area (TPSA) is 140 Å². The lowest BCUT2D eigenvalue weighted by Crippen LogP contribution is -2.35. The summed E-state index contributed by atoms with van der Waals surface area (Å²) in [6, 6.07) is 8.52. The molecule has 4 rings (SSSR count). The van der Waals surface area contributed by atoms with Crippen molar-refractivity contribution in [1.29, 1.82) is 0 Å². The van der Waals surface area contributed by atoms with Crippen molar-refractivity contribution in [3.8, 4) is 11.3 Å². The number of aromatic nitrogens is 3. The van der Waals surface area contributed by atoms with Crippen molar-refractivity contribution in [2.45, 2.75) is 32.1 Å². The van der Waals surface area contributed by atoms with Gasteiger partial charge >= 0.3 is 6.18 Å². The SMILES string of the molecule is CC(Nc1cc(C(N)=O)nc(N2CCc3c(cccc3-c3ccc(C(F)(F)F)cn3)C2)n1)C(N)=O. The zero-order valence-corrected chi connectivity index (χ0v) is 18.6. The Balaban J connectivity index is 1.63. The van der Waals surface area contributed by atoms with Gasteiger partial charge in [-0.25, -0.2) is 4.98 Å². The van der Waals surface area contributed by atoms with E-state index in [0.29, 0.717) is 25.2 Å². The molecule has 35 heavy (non-hydrogen) atoms. The molecule has 0 spiro atoms. The summed E-state index contributed by atoms with van der Waals surface area (Å²) in [5, 5.41) is 2.83. The number of alkyl halides is 3. The van der Waals surface area contributed by atoms with Gasteiger partial charge in [0.05, 0.1) is 11.3 Å². The summed E-state index contributed by atoms with van der Waals surface area (Å²) in [7, 11) is 0. The Morgan fingerprint density at radius 3 is 2.54 bits per heavy atom. The second-order valence-electron chi connectivity index (χ2n) is 8.12. The number of nitrogens with one attached hydrogen (secondary N) is 1. The second-order valence-corrected chi connectivity index (χ2v) is 8.12. The molecule has 3 heterocycles. The van der Waals surface area contributed by atoms with Gasteiger partial charge in [0.15, 0.2) is 0 Å². The molecule has 1 atom stereocenters. The average Bonchev–Trinajstić information content (AvgIpc) is 2.82. The number of carbonyl (C=O) groups is 2. The van der Waals surface area contributed by atoms with E-state index in [4.69, 9.17) is 11.5 Å². The first-order valence-corrected chi connectivity index (χ1v) is 10.7. The summed E-state index contributed by atoms with van der Waals surface area (Å²) in [5.41, 5.74) is 13.0. The number of hydrogen-bond donors (Lipinski definition) is 3. The lowest BCUT2D eigenvalue weighted by molar-refractivity contribution is -0.137. The Kier molecular flexibility index (Phi) is 6.29. The maximum Gasteiger partial charge on any atom is 0.417 e. The number of primary amides is 2. The molecule has 2 aromatic heterocycles. The summed E-state index contributed by atoms with van der Waals surface area (Å²) in [6.45, 7) is 2.41. The Hall–Kier alpha value is -4.22. The predicted octanol–water partition coefficient (Wildman–Crippen LogP) is 2.50. The van der Waals surface area contributed by atoms with Crippen molar-refractivity contribution in [2.24, 2.45) is 11.5 Å². The number of halogens is 3. The first kappa shape index (κ1) is 23.9. The number of hydrogen-bond acceptors (Lipinski definition) is 7. The van der Waals surface area contributed by atoms with Crippen LogP contribution in [0.5, 0.6) is 0 Å². The highest BCUT2D eigenvalue weighted by Crippen LogP contribution is 2.33. The van der Waals surface area contributed by atoms with Gasteiger partial charge in [0.25, 0.3) is 5.91 Å². The van der Waals surface area contributed by atoms with Gasteiger partial charge in [0.2, 0.25) is 11.9 Å². The molecular weight excluding hydrogens is 463 g/mol. The number of nitrogens with zero attached hydrogens (tertiary/aromatic N) is 4. The van der Waals surface area contributed by atoms with Gasteiger partial charge in [-0.05, 0) is 36.6 Å². The Morgan fingerprint density at radius 1 is 1.14 bits per heavy atom. The fraction of sp³-hybridized carbons (Fsp3) is 0.261. The molecule has 1 aromatic carbocycles. The van der Waals surface area contributed by atoms with E-state index >= 15 is 0 Å². The molecule has 12 heteroatoms. The van der Waals surface area contributed by atoms with Crippen molar-refractivity contribution < 1.29 is 22.8 Å². The number of anilines is 2. The molecule has 0 radical (unpaired) electrons. The van der Waals surface area contributed by atoms with E-state index in [1.54, 1.807) is 13.0 Å². The molecule has 0 saturated carbocycles. The van der Waals surface area contributed by atoms with Crippen LogP contribution in [-0.2, 0) is 23.9 Å². The molecule has 9 nitrogen and oxygen atoms in total. The largest absolute Gasteiger partial charge is 0.417 e. The Morgan fingerprint density at radius 2 is 1.91 bits per heavy atom. The van der Waals surface area contributed by atoms with Crippen LogP contribution >= 0.6 is 0 Å². The van der Waals surface area contributed by atoms with Crippen LogP contribution in [0.2, 0.25) is 0 Å². The van der Waals surface area contributed by atoms with Crippen LogP contribution in [0.15, 0.2) is 42.6 Å². The van der Waals surface area contributed by atoms with Gasteiger partial charge in [-0.3, -0.25) is 14.6 Å². The molecule has 2 amide bonds. The third-order valence-corrected chi connectivity index (χ3v) is 5.67. The zero-order chi connectivity index (χ0) is 25.3. The fourth-order valence-corrected chi connectivity index (χ4v) is 3.81. The minimum absolute atomic E-state index is 0.0253. The zero-order valence-electron chi connectivity index (χ0n) is 18.6. The smallest absolute Gasteiger partial charge is 0.368 e. The van der Waals surface area contributed by atoms with Crippen molar-refractivity contribution in [3.63, 3.8) is 0 Å². The van der Waals surface area contributed by atoms with Crippen LogP contribution in [0.25, 0.3) is 11.3 Å². The van der Waals surface area contributed by atoms with Crippen LogP contribution in [-0.4, -0.2) is 39.4 Å². The number of carbonyl (C=O) groups excluding carboxylic acids is 2. The first-order chi connectivity index (χ1) is 16.5. The van der Waals surface area contributed by atoms with Gasteiger partial charge in [-0.15, -0.1) is 0 Å². The number of benzene rings is 1. The highest BCUT2D eigenvalue weighted by atomic mass is 19.4. The molecular formula is C23H22F3N7O2. The summed E-state index contributed by atoms with van der Waals surface area (Å²) in [6.07, 6.45) is -3.09. The molecule has 1 aliphatic heterocycles. The lowest BCUT2D eigenvalue weighted by atomic mass is 9.92. The lowest BCUT2D eigenvalue weighted by Gasteiger charge is -2.30. The molecule has 0 fully saturated rings. The van der Waals surface area contributed by atoms with E-state index < -0.39 is 29.6 Å². The molecule has 1 aliphatic rings. The van der Waals surface area contributed by atoms with Gasteiger partial charge < -0.3 is 21.7 Å². The van der Waals surface area contributed by atoms with Gasteiger partial charge in [0.1, 0.15) is 17.6 Å². The summed E-state index contributed by atoms with van der Waals surface area (Å²) >= 11 is 0. The van der Waals surface area contributed by atoms with Crippen LogP contribution in [0.3, 0.4) is 0 Å². The van der Waals surface area contributed by atoms with E-state index in [9.17, 15) is 22.8 Å². The standard InChI is InChI=1S/C23H22F3N7O2/c1-12(20(27)34)30-19-9-18(21(28)35)31-22(32-19)33-8-7-15-13(11-33)3-2-4-16(15)17-6-5-14(10-29-17)23(24,25)26/h2-6,9-10,12H,7-8,11H2,1H3,(H2,27,34)(H2,28,35)(H,30,31,32). The first-order valence-electron chi connectivity index (χ1n) is 10.7. The molecule has 0 bridgehead atoms. The maximum absolute atomic E-state index is 12.9. The number of nitrogens with two attached hydrogens (primary N) is 2. The second kappa shape index (κ2) is 9.20. The van der Waals surface area contributed by atoms with E-state index in [1.165, 1.54) is 12.1 Å². The minimum Gasteiger partial charge on any atom is -0.368 e. The van der Waals surface area contributed by atoms with Crippen LogP contribution < -0.4 is 21.7 Å². The predicted molar refractivity (Wildman–Crippen MR) is 122 cm³/mol. The molecule has 1 unspecified atom stereocenters. The highest BCUT2D eigenvalue weighted by Gasteiger charge is 2.31. The average molecular weight is 485 g/mol. The van der Waals surface area contributed by atoms with Gasteiger partial charge in [-0.1, -0.05) is 18.2 Å². The number of pyridine rings is 1. The molecule has 3 aromatic rings.